The van der Waals surface area contributed by atoms with Crippen LogP contribution in [0.1, 0.15) is 10.4 Å². The first-order valence-electron chi connectivity index (χ1n) is 5.64. The van der Waals surface area contributed by atoms with E-state index in [4.69, 9.17) is 16.9 Å². The monoisotopic (exact) mass is 276 g/mol. The van der Waals surface area contributed by atoms with Crippen molar-refractivity contribution in [1.82, 2.24) is 0 Å². The number of benzene rings is 1. The van der Waals surface area contributed by atoms with Gasteiger partial charge in [0.1, 0.15) is 6.07 Å². The van der Waals surface area contributed by atoms with E-state index < -0.39 is 0 Å². The zero-order valence-electron chi connectivity index (χ0n) is 10.1. The van der Waals surface area contributed by atoms with Crippen LogP contribution in [0.3, 0.4) is 0 Å². The second-order valence-electron chi connectivity index (χ2n) is 4.02. The van der Waals surface area contributed by atoms with Gasteiger partial charge in [-0.05, 0) is 36.1 Å². The van der Waals surface area contributed by atoms with Crippen LogP contribution >= 0.6 is 22.9 Å². The van der Waals surface area contributed by atoms with E-state index in [0.29, 0.717) is 10.6 Å². The highest BCUT2D eigenvalue weighted by Crippen LogP contribution is 2.23. The Bertz CT molecular complexity index is 558. The molecule has 2 aromatic rings. The van der Waals surface area contributed by atoms with E-state index >= 15 is 0 Å². The molecule has 0 saturated heterocycles. The van der Waals surface area contributed by atoms with Crippen molar-refractivity contribution in [2.24, 2.45) is 0 Å². The van der Waals surface area contributed by atoms with Crippen molar-refractivity contribution in [3.63, 3.8) is 0 Å². The Morgan fingerprint density at radius 2 is 2.22 bits per heavy atom. The molecule has 0 N–H and O–H groups in total. The van der Waals surface area contributed by atoms with Crippen LogP contribution in [0.2, 0.25) is 5.02 Å². The van der Waals surface area contributed by atoms with Crippen LogP contribution in [0, 0.1) is 11.3 Å². The van der Waals surface area contributed by atoms with E-state index in [-0.39, 0.29) is 0 Å². The fourth-order valence-corrected chi connectivity index (χ4v) is 2.65. The molecule has 0 unspecified atom stereocenters. The van der Waals surface area contributed by atoms with Crippen molar-refractivity contribution in [3.8, 4) is 6.07 Å². The number of thiophene rings is 1. The van der Waals surface area contributed by atoms with Crippen molar-refractivity contribution in [2.75, 3.05) is 18.5 Å². The molecular weight excluding hydrogens is 264 g/mol. The summed E-state index contributed by atoms with van der Waals surface area (Å²) in [5, 5.41) is 11.8. The Balaban J connectivity index is 2.09. The highest BCUT2D eigenvalue weighted by molar-refractivity contribution is 7.09. The van der Waals surface area contributed by atoms with Gasteiger partial charge in [-0.15, -0.1) is 11.3 Å². The predicted octanol–water partition coefficient (Wildman–Crippen LogP) is 3.95. The van der Waals surface area contributed by atoms with Crippen LogP contribution in [-0.4, -0.2) is 13.6 Å². The van der Waals surface area contributed by atoms with Crippen LogP contribution in [-0.2, 0) is 6.42 Å². The largest absolute Gasteiger partial charge is 0.373 e. The molecule has 1 aromatic carbocycles. The lowest BCUT2D eigenvalue weighted by atomic mass is 10.1. The number of rotatable bonds is 4. The Kier molecular flexibility index (Phi) is 4.24. The maximum atomic E-state index is 9.11. The van der Waals surface area contributed by atoms with Crippen LogP contribution in [0.15, 0.2) is 35.7 Å². The number of halogens is 1. The SMILES string of the molecule is CN(CCc1cccs1)c1ccc(Cl)cc1C#N. The summed E-state index contributed by atoms with van der Waals surface area (Å²) in [6.07, 6.45) is 0.988. The second kappa shape index (κ2) is 5.90. The van der Waals surface area contributed by atoms with E-state index in [1.807, 2.05) is 19.2 Å². The third-order valence-corrected chi connectivity index (χ3v) is 3.94. The molecule has 2 nitrogen and oxygen atoms in total. The first kappa shape index (κ1) is 12.9. The molecule has 0 spiro atoms. The maximum absolute atomic E-state index is 9.11. The Labute approximate surface area is 116 Å². The Morgan fingerprint density at radius 1 is 1.39 bits per heavy atom. The minimum absolute atomic E-state index is 0.599. The van der Waals surface area contributed by atoms with Gasteiger partial charge in [0.15, 0.2) is 0 Å². The third-order valence-electron chi connectivity index (χ3n) is 2.76. The van der Waals surface area contributed by atoms with Crippen LogP contribution < -0.4 is 4.90 Å². The number of hydrogen-bond acceptors (Lipinski definition) is 3. The first-order chi connectivity index (χ1) is 8.70. The molecule has 0 fully saturated rings. The van der Waals surface area contributed by atoms with Gasteiger partial charge in [0.2, 0.25) is 0 Å². The standard InChI is InChI=1S/C14H13ClN2S/c1-17(7-6-13-3-2-8-18-13)14-5-4-12(15)9-11(14)10-16/h2-5,8-9H,6-7H2,1H3. The maximum Gasteiger partial charge on any atom is 0.101 e. The minimum atomic E-state index is 0.599. The Morgan fingerprint density at radius 3 is 2.89 bits per heavy atom. The summed E-state index contributed by atoms with van der Waals surface area (Å²) in [4.78, 5) is 3.45. The molecule has 0 bridgehead atoms. The molecule has 92 valence electrons. The van der Waals surface area contributed by atoms with Crippen molar-refractivity contribution in [1.29, 1.82) is 5.26 Å². The molecule has 0 aliphatic rings. The van der Waals surface area contributed by atoms with Crippen molar-refractivity contribution in [2.45, 2.75) is 6.42 Å². The first-order valence-corrected chi connectivity index (χ1v) is 6.89. The smallest absolute Gasteiger partial charge is 0.101 e. The molecule has 0 atom stereocenters. The molecule has 4 heteroatoms. The summed E-state index contributed by atoms with van der Waals surface area (Å²) in [7, 11) is 2.00. The highest BCUT2D eigenvalue weighted by atomic mass is 35.5. The lowest BCUT2D eigenvalue weighted by Gasteiger charge is -2.20. The quantitative estimate of drug-likeness (QED) is 0.845. The van der Waals surface area contributed by atoms with Gasteiger partial charge in [-0.1, -0.05) is 17.7 Å². The molecular formula is C14H13ClN2S. The zero-order chi connectivity index (χ0) is 13.0. The topological polar surface area (TPSA) is 27.0 Å². The summed E-state index contributed by atoms with van der Waals surface area (Å²) in [5.74, 6) is 0. The molecule has 2 rings (SSSR count). The molecule has 1 heterocycles. The van der Waals surface area contributed by atoms with Gasteiger partial charge in [-0.3, -0.25) is 0 Å². The predicted molar refractivity (Wildman–Crippen MR) is 77.5 cm³/mol. The molecule has 0 aliphatic carbocycles. The zero-order valence-corrected chi connectivity index (χ0v) is 11.6. The summed E-state index contributed by atoms with van der Waals surface area (Å²) < 4.78 is 0. The average Bonchev–Trinajstić information content (AvgIpc) is 2.88. The van der Waals surface area contributed by atoms with E-state index in [9.17, 15) is 0 Å². The third kappa shape index (κ3) is 3.04. The second-order valence-corrected chi connectivity index (χ2v) is 5.49. The van der Waals surface area contributed by atoms with Crippen LogP contribution in [0.25, 0.3) is 0 Å². The fraction of sp³-hybridized carbons (Fsp3) is 0.214. The van der Waals surface area contributed by atoms with Gasteiger partial charge in [-0.25, -0.2) is 0 Å². The number of likely N-dealkylation sites (N-methyl/N-ethyl adjacent to an activating group) is 1. The van der Waals surface area contributed by atoms with Gasteiger partial charge >= 0.3 is 0 Å². The normalized spacial score (nSPS) is 10.1. The molecule has 0 amide bonds. The molecule has 0 radical (unpaired) electrons. The molecule has 0 saturated carbocycles. The lowest BCUT2D eigenvalue weighted by molar-refractivity contribution is 0.886. The molecule has 1 aromatic heterocycles. The van der Waals surface area contributed by atoms with Gasteiger partial charge < -0.3 is 4.90 Å². The van der Waals surface area contributed by atoms with Crippen molar-refractivity contribution in [3.05, 3.63) is 51.2 Å². The summed E-state index contributed by atoms with van der Waals surface area (Å²) in [6, 6.07) is 11.8. The van der Waals surface area contributed by atoms with Gasteiger partial charge in [-0.2, -0.15) is 5.26 Å². The number of nitriles is 1. The summed E-state index contributed by atoms with van der Waals surface area (Å²) >= 11 is 7.65. The Hall–Kier alpha value is -1.50. The van der Waals surface area contributed by atoms with E-state index in [1.54, 1.807) is 17.4 Å². The minimum Gasteiger partial charge on any atom is -0.373 e. The number of hydrogen-bond donors (Lipinski definition) is 0. The van der Waals surface area contributed by atoms with Gasteiger partial charge in [0, 0.05) is 23.5 Å². The molecule has 18 heavy (non-hydrogen) atoms. The van der Waals surface area contributed by atoms with E-state index in [0.717, 1.165) is 18.7 Å². The highest BCUT2D eigenvalue weighted by Gasteiger charge is 2.08. The van der Waals surface area contributed by atoms with Crippen LogP contribution in [0.4, 0.5) is 5.69 Å². The summed E-state index contributed by atoms with van der Waals surface area (Å²) in [5.41, 5.74) is 1.55. The van der Waals surface area contributed by atoms with E-state index in [1.165, 1.54) is 4.88 Å². The van der Waals surface area contributed by atoms with E-state index in [2.05, 4.69) is 28.5 Å². The fourth-order valence-electron chi connectivity index (χ4n) is 1.78. The van der Waals surface area contributed by atoms with Crippen molar-refractivity contribution >= 4 is 28.6 Å². The lowest BCUT2D eigenvalue weighted by Crippen LogP contribution is -2.20. The van der Waals surface area contributed by atoms with Crippen molar-refractivity contribution < 1.29 is 0 Å². The summed E-state index contributed by atoms with van der Waals surface area (Å²) in [6.45, 7) is 0.886. The van der Waals surface area contributed by atoms with Crippen LogP contribution in [0.5, 0.6) is 0 Å². The number of nitrogens with zero attached hydrogens (tertiary/aromatic N) is 2. The number of anilines is 1. The van der Waals surface area contributed by atoms with Gasteiger partial charge in [0.25, 0.3) is 0 Å². The molecule has 0 aliphatic heterocycles. The van der Waals surface area contributed by atoms with Gasteiger partial charge in [0.05, 0.1) is 11.3 Å². The average molecular weight is 277 g/mol.